The average molecular weight is 408 g/mol. The zero-order valence-electron chi connectivity index (χ0n) is 17.0. The molecule has 29 heavy (non-hydrogen) atoms. The topological polar surface area (TPSA) is 63.4 Å². The molecule has 3 rings (SSSR count). The zero-order valence-corrected chi connectivity index (χ0v) is 17.8. The van der Waals surface area contributed by atoms with Crippen molar-refractivity contribution in [2.45, 2.75) is 26.7 Å². The third-order valence-corrected chi connectivity index (χ3v) is 4.93. The molecule has 0 unspecified atom stereocenters. The summed E-state index contributed by atoms with van der Waals surface area (Å²) in [6.45, 7) is 6.10. The molecule has 1 heterocycles. The Hall–Kier alpha value is -3.19. The van der Waals surface area contributed by atoms with Crippen LogP contribution in [0, 0.1) is 6.92 Å². The van der Waals surface area contributed by atoms with E-state index >= 15 is 0 Å². The first-order chi connectivity index (χ1) is 13.9. The van der Waals surface area contributed by atoms with Crippen molar-refractivity contribution < 1.29 is 0 Å². The lowest BCUT2D eigenvalue weighted by Gasteiger charge is -2.10. The summed E-state index contributed by atoms with van der Waals surface area (Å²) in [6, 6.07) is 17.6. The lowest BCUT2D eigenvalue weighted by molar-refractivity contribution is 0.642. The first-order valence-corrected chi connectivity index (χ1v) is 9.83. The van der Waals surface area contributed by atoms with Crippen LogP contribution in [0.4, 0.5) is 5.69 Å². The van der Waals surface area contributed by atoms with Crippen LogP contribution in [0.5, 0.6) is 0 Å². The third-order valence-electron chi connectivity index (χ3n) is 4.73. The molecule has 2 N–H and O–H groups in total. The molecule has 0 spiro atoms. The van der Waals surface area contributed by atoms with Crippen molar-refractivity contribution in [1.29, 1.82) is 0 Å². The second kappa shape index (κ2) is 8.87. The van der Waals surface area contributed by atoms with Crippen LogP contribution in [0.3, 0.4) is 0 Å². The molecule has 0 atom stereocenters. The van der Waals surface area contributed by atoms with E-state index in [9.17, 15) is 4.79 Å². The maximum absolute atomic E-state index is 12.6. The van der Waals surface area contributed by atoms with Gasteiger partial charge < -0.3 is 5.32 Å². The van der Waals surface area contributed by atoms with Gasteiger partial charge in [-0.3, -0.25) is 14.9 Å². The van der Waals surface area contributed by atoms with E-state index in [1.165, 1.54) is 5.56 Å². The Morgan fingerprint density at radius 3 is 2.38 bits per heavy atom. The molecule has 3 aromatic rings. The quantitative estimate of drug-likeness (QED) is 0.382. The van der Waals surface area contributed by atoms with Crippen LogP contribution >= 0.6 is 12.2 Å². The van der Waals surface area contributed by atoms with Crippen molar-refractivity contribution in [2.75, 3.05) is 5.32 Å². The number of nitrogens with zero attached hydrogens (tertiary/aromatic N) is 3. The number of hydrogen-bond acceptors (Lipinski definition) is 3. The maximum atomic E-state index is 12.6. The van der Waals surface area contributed by atoms with Gasteiger partial charge in [-0.05, 0) is 54.9 Å². The van der Waals surface area contributed by atoms with E-state index in [1.807, 2.05) is 49.5 Å². The number of hydrogen-bond donors (Lipinski definition) is 2. The number of rotatable bonds is 5. The van der Waals surface area contributed by atoms with Crippen molar-refractivity contribution in [3.8, 4) is 5.69 Å². The molecule has 0 radical (unpaired) electrons. The summed E-state index contributed by atoms with van der Waals surface area (Å²) in [5.74, 6) is 0.483. The van der Waals surface area contributed by atoms with E-state index in [2.05, 4.69) is 41.8 Å². The molecule has 6 nitrogen and oxygen atoms in total. The number of thiocarbonyl (C=S) groups is 1. The normalized spacial score (nSPS) is 11.2. The standard InChI is InChI=1S/C22H25N5OS/c1-15(2)17-10-12-18(13-11-17)24-22(29)25-23-14-20-16(3)21(28)27(26(20)4)19-8-6-5-7-9-19/h5-15H,1-4H3,(H2,24,25,29)/b23-14+. The molecule has 150 valence electrons. The van der Waals surface area contributed by atoms with E-state index in [4.69, 9.17) is 12.2 Å². The van der Waals surface area contributed by atoms with Crippen LogP contribution in [0.25, 0.3) is 5.69 Å². The molecule has 0 aliphatic heterocycles. The van der Waals surface area contributed by atoms with Gasteiger partial charge in [-0.25, -0.2) is 4.68 Å². The minimum atomic E-state index is -0.0777. The highest BCUT2D eigenvalue weighted by Crippen LogP contribution is 2.17. The Bertz CT molecular complexity index is 1080. The fourth-order valence-electron chi connectivity index (χ4n) is 3.06. The minimum absolute atomic E-state index is 0.0777. The summed E-state index contributed by atoms with van der Waals surface area (Å²) in [6.07, 6.45) is 1.60. The predicted octanol–water partition coefficient (Wildman–Crippen LogP) is 3.93. The highest BCUT2D eigenvalue weighted by Gasteiger charge is 2.14. The Balaban J connectivity index is 1.70. The van der Waals surface area contributed by atoms with Crippen molar-refractivity contribution in [1.82, 2.24) is 14.8 Å². The van der Waals surface area contributed by atoms with Gasteiger partial charge in [0.05, 0.1) is 17.6 Å². The van der Waals surface area contributed by atoms with E-state index < -0.39 is 0 Å². The molecule has 2 aromatic carbocycles. The zero-order chi connectivity index (χ0) is 21.0. The number of nitrogens with one attached hydrogen (secondary N) is 2. The minimum Gasteiger partial charge on any atom is -0.331 e. The Labute approximate surface area is 175 Å². The smallest absolute Gasteiger partial charge is 0.274 e. The number of anilines is 1. The molecular formula is C22H25N5OS. The van der Waals surface area contributed by atoms with Gasteiger partial charge in [0.15, 0.2) is 5.11 Å². The highest BCUT2D eigenvalue weighted by molar-refractivity contribution is 7.80. The van der Waals surface area contributed by atoms with E-state index in [-0.39, 0.29) is 5.56 Å². The first-order valence-electron chi connectivity index (χ1n) is 9.42. The van der Waals surface area contributed by atoms with Gasteiger partial charge >= 0.3 is 0 Å². The number of aromatic nitrogens is 2. The lowest BCUT2D eigenvalue weighted by Crippen LogP contribution is -2.24. The van der Waals surface area contributed by atoms with Crippen LogP contribution in [-0.2, 0) is 7.05 Å². The van der Waals surface area contributed by atoms with Gasteiger partial charge in [-0.2, -0.15) is 5.10 Å². The van der Waals surface area contributed by atoms with E-state index in [0.29, 0.717) is 22.3 Å². The van der Waals surface area contributed by atoms with Crippen molar-refractivity contribution in [3.05, 3.63) is 81.8 Å². The molecule has 1 aromatic heterocycles. The van der Waals surface area contributed by atoms with Gasteiger partial charge in [0, 0.05) is 18.3 Å². The molecule has 0 saturated carbocycles. The second-order valence-corrected chi connectivity index (χ2v) is 7.50. The van der Waals surface area contributed by atoms with Crippen LogP contribution < -0.4 is 16.3 Å². The molecule has 0 fully saturated rings. The summed E-state index contributed by atoms with van der Waals surface area (Å²) in [7, 11) is 1.83. The van der Waals surface area contributed by atoms with Crippen molar-refractivity contribution >= 4 is 29.2 Å². The number of hydrazone groups is 1. The first kappa shape index (κ1) is 20.5. The average Bonchev–Trinajstić information content (AvgIpc) is 2.92. The van der Waals surface area contributed by atoms with Gasteiger partial charge in [-0.15, -0.1) is 0 Å². The summed E-state index contributed by atoms with van der Waals surface area (Å²) in [5.41, 5.74) is 7.01. The van der Waals surface area contributed by atoms with Gasteiger partial charge in [0.25, 0.3) is 5.56 Å². The third kappa shape index (κ3) is 4.63. The SMILES string of the molecule is Cc1c(/C=N/NC(=S)Nc2ccc(C(C)C)cc2)n(C)n(-c2ccccc2)c1=O. The van der Waals surface area contributed by atoms with Crippen LogP contribution in [-0.4, -0.2) is 20.7 Å². The van der Waals surface area contributed by atoms with Crippen LogP contribution in [0.1, 0.15) is 36.6 Å². The summed E-state index contributed by atoms with van der Waals surface area (Å²) in [5, 5.41) is 7.68. The monoisotopic (exact) mass is 407 g/mol. The molecular weight excluding hydrogens is 382 g/mol. The van der Waals surface area contributed by atoms with Crippen LogP contribution in [0.2, 0.25) is 0 Å². The van der Waals surface area contributed by atoms with Crippen molar-refractivity contribution in [3.63, 3.8) is 0 Å². The van der Waals surface area contributed by atoms with Crippen molar-refractivity contribution in [2.24, 2.45) is 12.1 Å². The van der Waals surface area contributed by atoms with Gasteiger partial charge in [0.2, 0.25) is 0 Å². The summed E-state index contributed by atoms with van der Waals surface area (Å²) >= 11 is 5.30. The predicted molar refractivity (Wildman–Crippen MR) is 123 cm³/mol. The van der Waals surface area contributed by atoms with E-state index in [0.717, 1.165) is 11.4 Å². The Morgan fingerprint density at radius 2 is 1.76 bits per heavy atom. The molecule has 0 aliphatic carbocycles. The largest absolute Gasteiger partial charge is 0.331 e. The van der Waals surface area contributed by atoms with Crippen LogP contribution in [0.15, 0.2) is 64.5 Å². The molecule has 0 bridgehead atoms. The highest BCUT2D eigenvalue weighted by atomic mass is 32.1. The molecule has 7 heteroatoms. The molecule has 0 amide bonds. The maximum Gasteiger partial charge on any atom is 0.274 e. The molecule has 0 saturated heterocycles. The fraction of sp³-hybridized carbons (Fsp3) is 0.227. The molecule has 0 aliphatic rings. The lowest BCUT2D eigenvalue weighted by atomic mass is 10.0. The Kier molecular flexibility index (Phi) is 6.29. The second-order valence-electron chi connectivity index (χ2n) is 7.09. The number of para-hydroxylation sites is 1. The van der Waals surface area contributed by atoms with Gasteiger partial charge in [0.1, 0.15) is 0 Å². The summed E-state index contributed by atoms with van der Waals surface area (Å²) < 4.78 is 3.39. The number of benzene rings is 2. The summed E-state index contributed by atoms with van der Waals surface area (Å²) in [4.78, 5) is 12.6. The van der Waals surface area contributed by atoms with E-state index in [1.54, 1.807) is 22.5 Å². The fourth-order valence-corrected chi connectivity index (χ4v) is 3.23. The van der Waals surface area contributed by atoms with Gasteiger partial charge in [-0.1, -0.05) is 44.2 Å². The Morgan fingerprint density at radius 1 is 1.10 bits per heavy atom.